The van der Waals surface area contributed by atoms with Gasteiger partial charge in [-0.25, -0.2) is 0 Å². The normalized spacial score (nSPS) is 17.2. The Balaban J connectivity index is 2.06. The summed E-state index contributed by atoms with van der Waals surface area (Å²) in [5, 5.41) is 3.10. The number of rotatable bonds is 4. The minimum atomic E-state index is -0.0487. The largest absolute Gasteiger partial charge is 0.349 e. The molecule has 4 N–H and O–H groups in total. The highest BCUT2D eigenvalue weighted by Gasteiger charge is 2.23. The predicted molar refractivity (Wildman–Crippen MR) is 77.9 cm³/mol. The summed E-state index contributed by atoms with van der Waals surface area (Å²) in [4.78, 5) is 12.3. The molecule has 0 radical (unpaired) electrons. The Morgan fingerprint density at radius 3 is 2.68 bits per heavy atom. The summed E-state index contributed by atoms with van der Waals surface area (Å²) >= 11 is 0. The molecule has 1 unspecified atom stereocenters. The SMILES string of the molecule is Cc1ccc(C(=O)NC(C)C2CCCC2)c(NN)c1. The summed E-state index contributed by atoms with van der Waals surface area (Å²) in [7, 11) is 0. The number of carbonyl (C=O) groups is 1. The number of carbonyl (C=O) groups excluding carboxylic acids is 1. The van der Waals surface area contributed by atoms with Gasteiger partial charge in [0.2, 0.25) is 0 Å². The number of anilines is 1. The van der Waals surface area contributed by atoms with Gasteiger partial charge >= 0.3 is 0 Å². The van der Waals surface area contributed by atoms with Crippen molar-refractivity contribution in [1.29, 1.82) is 0 Å². The second-order valence-corrected chi connectivity index (χ2v) is 5.50. The Hall–Kier alpha value is -1.55. The zero-order valence-electron chi connectivity index (χ0n) is 11.7. The van der Waals surface area contributed by atoms with Crippen LogP contribution >= 0.6 is 0 Å². The first-order valence-electron chi connectivity index (χ1n) is 7.00. The van der Waals surface area contributed by atoms with Gasteiger partial charge in [0.25, 0.3) is 5.91 Å². The quantitative estimate of drug-likeness (QED) is 0.576. The van der Waals surface area contributed by atoms with Crippen LogP contribution in [0.2, 0.25) is 0 Å². The van der Waals surface area contributed by atoms with Crippen molar-refractivity contribution in [2.45, 2.75) is 45.6 Å². The first-order valence-corrected chi connectivity index (χ1v) is 7.00. The molecule has 1 amide bonds. The van der Waals surface area contributed by atoms with Gasteiger partial charge in [-0.2, -0.15) is 0 Å². The van der Waals surface area contributed by atoms with Crippen LogP contribution in [-0.2, 0) is 0 Å². The Morgan fingerprint density at radius 1 is 1.37 bits per heavy atom. The van der Waals surface area contributed by atoms with Crippen molar-refractivity contribution in [3.05, 3.63) is 29.3 Å². The van der Waals surface area contributed by atoms with E-state index in [-0.39, 0.29) is 11.9 Å². The first kappa shape index (κ1) is 13.9. The number of benzene rings is 1. The number of hydrogen-bond acceptors (Lipinski definition) is 3. The van der Waals surface area contributed by atoms with E-state index < -0.39 is 0 Å². The Bertz CT molecular complexity index is 453. The van der Waals surface area contributed by atoms with Crippen LogP contribution in [0.1, 0.15) is 48.5 Å². The molecular weight excluding hydrogens is 238 g/mol. The average molecular weight is 261 g/mol. The van der Waals surface area contributed by atoms with Crippen LogP contribution in [0.25, 0.3) is 0 Å². The van der Waals surface area contributed by atoms with Gasteiger partial charge in [0, 0.05) is 6.04 Å². The van der Waals surface area contributed by atoms with E-state index in [2.05, 4.69) is 17.7 Å². The summed E-state index contributed by atoms with van der Waals surface area (Å²) in [5.41, 5.74) is 4.96. The van der Waals surface area contributed by atoms with Crippen LogP contribution in [-0.4, -0.2) is 11.9 Å². The van der Waals surface area contributed by atoms with E-state index in [9.17, 15) is 4.79 Å². The lowest BCUT2D eigenvalue weighted by Gasteiger charge is -2.21. The highest BCUT2D eigenvalue weighted by Crippen LogP contribution is 2.28. The highest BCUT2D eigenvalue weighted by molar-refractivity contribution is 5.99. The number of amides is 1. The Morgan fingerprint density at radius 2 is 2.05 bits per heavy atom. The molecule has 0 spiro atoms. The topological polar surface area (TPSA) is 67.2 Å². The lowest BCUT2D eigenvalue weighted by Crippen LogP contribution is -2.37. The van der Waals surface area contributed by atoms with Gasteiger partial charge in [0.1, 0.15) is 0 Å². The molecule has 0 aliphatic heterocycles. The molecule has 1 fully saturated rings. The van der Waals surface area contributed by atoms with Crippen LogP contribution in [0.4, 0.5) is 5.69 Å². The summed E-state index contributed by atoms with van der Waals surface area (Å²) in [6.45, 7) is 4.07. The van der Waals surface area contributed by atoms with Crippen molar-refractivity contribution in [1.82, 2.24) is 5.32 Å². The number of hydrogen-bond donors (Lipinski definition) is 3. The fourth-order valence-corrected chi connectivity index (χ4v) is 2.84. The molecule has 1 saturated carbocycles. The third-order valence-corrected chi connectivity index (χ3v) is 4.04. The van der Waals surface area contributed by atoms with Gasteiger partial charge < -0.3 is 10.7 Å². The summed E-state index contributed by atoms with van der Waals surface area (Å²) < 4.78 is 0. The van der Waals surface area contributed by atoms with Gasteiger partial charge in [-0.3, -0.25) is 10.6 Å². The smallest absolute Gasteiger partial charge is 0.253 e. The van der Waals surface area contributed by atoms with Crippen LogP contribution in [0, 0.1) is 12.8 Å². The maximum Gasteiger partial charge on any atom is 0.253 e. The van der Waals surface area contributed by atoms with E-state index in [1.54, 1.807) is 0 Å². The monoisotopic (exact) mass is 261 g/mol. The third kappa shape index (κ3) is 3.26. The van der Waals surface area contributed by atoms with Crippen LogP contribution in [0.3, 0.4) is 0 Å². The van der Waals surface area contributed by atoms with E-state index in [0.717, 1.165) is 5.56 Å². The molecule has 1 atom stereocenters. The molecule has 0 bridgehead atoms. The number of nitrogens with two attached hydrogens (primary N) is 1. The van der Waals surface area contributed by atoms with Gasteiger partial charge in [0.15, 0.2) is 0 Å². The van der Waals surface area contributed by atoms with Crippen molar-refractivity contribution in [3.8, 4) is 0 Å². The van der Waals surface area contributed by atoms with Gasteiger partial charge in [-0.05, 0) is 50.3 Å². The van der Waals surface area contributed by atoms with Crippen molar-refractivity contribution in [2.24, 2.45) is 11.8 Å². The maximum absolute atomic E-state index is 12.3. The van der Waals surface area contributed by atoms with Crippen LogP contribution < -0.4 is 16.6 Å². The van der Waals surface area contributed by atoms with E-state index in [1.807, 2.05) is 25.1 Å². The van der Waals surface area contributed by atoms with Crippen molar-refractivity contribution in [3.63, 3.8) is 0 Å². The van der Waals surface area contributed by atoms with Crippen LogP contribution in [0.5, 0.6) is 0 Å². The molecule has 0 aromatic heterocycles. The molecule has 0 heterocycles. The summed E-state index contributed by atoms with van der Waals surface area (Å²) in [6, 6.07) is 5.86. The lowest BCUT2D eigenvalue weighted by molar-refractivity contribution is 0.0928. The molecule has 1 aliphatic carbocycles. The van der Waals surface area contributed by atoms with E-state index in [0.29, 0.717) is 17.2 Å². The predicted octanol–water partition coefficient (Wildman–Crippen LogP) is 2.59. The lowest BCUT2D eigenvalue weighted by atomic mass is 9.99. The van der Waals surface area contributed by atoms with Crippen molar-refractivity contribution < 1.29 is 4.79 Å². The summed E-state index contributed by atoms with van der Waals surface area (Å²) in [6.07, 6.45) is 5.00. The van der Waals surface area contributed by atoms with Crippen molar-refractivity contribution in [2.75, 3.05) is 5.43 Å². The van der Waals surface area contributed by atoms with E-state index in [4.69, 9.17) is 5.84 Å². The molecule has 4 heteroatoms. The average Bonchev–Trinajstić information content (AvgIpc) is 2.92. The Labute approximate surface area is 114 Å². The van der Waals surface area contributed by atoms with Gasteiger partial charge in [-0.15, -0.1) is 0 Å². The van der Waals surface area contributed by atoms with E-state index >= 15 is 0 Å². The number of aryl methyl sites for hydroxylation is 1. The summed E-state index contributed by atoms with van der Waals surface area (Å²) in [5.74, 6) is 6.05. The highest BCUT2D eigenvalue weighted by atomic mass is 16.1. The molecule has 104 valence electrons. The molecular formula is C15H23N3O. The molecule has 19 heavy (non-hydrogen) atoms. The minimum absolute atomic E-state index is 0.0487. The van der Waals surface area contributed by atoms with E-state index in [1.165, 1.54) is 25.7 Å². The molecule has 4 nitrogen and oxygen atoms in total. The molecule has 1 aliphatic rings. The number of nitrogen functional groups attached to an aromatic ring is 1. The number of hydrazine groups is 1. The van der Waals surface area contributed by atoms with Crippen LogP contribution in [0.15, 0.2) is 18.2 Å². The molecule has 1 aromatic rings. The molecule has 2 rings (SSSR count). The fraction of sp³-hybridized carbons (Fsp3) is 0.533. The fourth-order valence-electron chi connectivity index (χ4n) is 2.84. The zero-order chi connectivity index (χ0) is 13.8. The first-order chi connectivity index (χ1) is 9.11. The van der Waals surface area contributed by atoms with Gasteiger partial charge in [-0.1, -0.05) is 18.9 Å². The Kier molecular flexibility index (Phi) is 4.43. The molecule has 1 aromatic carbocycles. The molecule has 0 saturated heterocycles. The van der Waals surface area contributed by atoms with Crippen molar-refractivity contribution >= 4 is 11.6 Å². The minimum Gasteiger partial charge on any atom is -0.349 e. The second kappa shape index (κ2) is 6.06. The second-order valence-electron chi connectivity index (χ2n) is 5.50. The van der Waals surface area contributed by atoms with Gasteiger partial charge in [0.05, 0.1) is 11.3 Å². The maximum atomic E-state index is 12.3. The zero-order valence-corrected chi connectivity index (χ0v) is 11.7. The third-order valence-electron chi connectivity index (χ3n) is 4.04. The number of nitrogens with one attached hydrogen (secondary N) is 2. The standard InChI is InChI=1S/C15H23N3O/c1-10-7-8-13(14(9-10)18-16)15(19)17-11(2)12-5-3-4-6-12/h7-9,11-12,18H,3-6,16H2,1-2H3,(H,17,19).